The minimum Gasteiger partial charge on any atom is -0.496 e. The molecule has 0 amide bonds. The molecule has 1 atom stereocenters. The third-order valence-corrected chi connectivity index (χ3v) is 4.29. The summed E-state index contributed by atoms with van der Waals surface area (Å²) in [5.74, 6) is -1.41. The second-order valence-corrected chi connectivity index (χ2v) is 6.43. The highest BCUT2D eigenvalue weighted by molar-refractivity contribution is 6.30. The Labute approximate surface area is 167 Å². The van der Waals surface area contributed by atoms with Gasteiger partial charge in [0, 0.05) is 10.6 Å². The molecule has 2 aromatic carbocycles. The molecule has 1 heterocycles. The van der Waals surface area contributed by atoms with Crippen LogP contribution in [0.1, 0.15) is 11.7 Å². The van der Waals surface area contributed by atoms with Crippen LogP contribution in [0.25, 0.3) is 10.9 Å². The van der Waals surface area contributed by atoms with Crippen LogP contribution in [0.15, 0.2) is 53.6 Å². The zero-order chi connectivity index (χ0) is 21.2. The lowest BCUT2D eigenvalue weighted by molar-refractivity contribution is -0.224. The molecule has 0 saturated heterocycles. The summed E-state index contributed by atoms with van der Waals surface area (Å²) in [5.41, 5.74) is -0.625. The number of halogens is 4. The van der Waals surface area contributed by atoms with Crippen LogP contribution in [-0.2, 0) is 16.1 Å². The van der Waals surface area contributed by atoms with Crippen LogP contribution in [0.3, 0.4) is 0 Å². The maximum atomic E-state index is 13.6. The van der Waals surface area contributed by atoms with Gasteiger partial charge in [0.1, 0.15) is 12.3 Å². The molecule has 0 spiro atoms. The second kappa shape index (κ2) is 8.12. The summed E-state index contributed by atoms with van der Waals surface area (Å²) < 4.78 is 51.2. The Bertz CT molecular complexity index is 1110. The van der Waals surface area contributed by atoms with Crippen LogP contribution >= 0.6 is 11.6 Å². The third-order valence-electron chi connectivity index (χ3n) is 4.05. The zero-order valence-electron chi connectivity index (χ0n) is 14.9. The molecule has 0 N–H and O–H groups in total. The number of nitrogens with zero attached hydrogens (tertiary/aromatic N) is 2. The largest absolute Gasteiger partial charge is 0.496 e. The van der Waals surface area contributed by atoms with Crippen molar-refractivity contribution in [3.8, 4) is 5.75 Å². The summed E-state index contributed by atoms with van der Waals surface area (Å²) >= 11 is 5.79. The summed E-state index contributed by atoms with van der Waals surface area (Å²) in [7, 11) is 1.18. The van der Waals surface area contributed by atoms with Gasteiger partial charge in [0.05, 0.1) is 24.3 Å². The SMILES string of the molecule is COc1ccc(Cl)cc1C(OC(=O)Cn1cnc2ccccc2c1=O)C(F)(F)F. The number of carbonyl (C=O) groups excluding carboxylic acids is 1. The van der Waals surface area contributed by atoms with E-state index in [1.165, 1.54) is 25.3 Å². The van der Waals surface area contributed by atoms with Crippen LogP contribution in [-0.4, -0.2) is 28.8 Å². The van der Waals surface area contributed by atoms with Gasteiger partial charge in [-0.05, 0) is 30.3 Å². The van der Waals surface area contributed by atoms with Gasteiger partial charge in [0.15, 0.2) is 0 Å². The van der Waals surface area contributed by atoms with E-state index in [0.29, 0.717) is 5.52 Å². The quantitative estimate of drug-likeness (QED) is 0.579. The first-order chi connectivity index (χ1) is 13.7. The van der Waals surface area contributed by atoms with Crippen LogP contribution in [0.5, 0.6) is 5.75 Å². The van der Waals surface area contributed by atoms with Crippen LogP contribution in [0.2, 0.25) is 5.02 Å². The molecule has 0 bridgehead atoms. The van der Waals surface area contributed by atoms with Gasteiger partial charge in [-0.25, -0.2) is 4.98 Å². The number of hydrogen-bond donors (Lipinski definition) is 0. The summed E-state index contributed by atoms with van der Waals surface area (Å²) in [5, 5.41) is 0.243. The number of carbonyl (C=O) groups is 1. The summed E-state index contributed by atoms with van der Waals surface area (Å²) in [6.45, 7) is -0.744. The van der Waals surface area contributed by atoms with Crippen molar-refractivity contribution in [3.05, 3.63) is 69.7 Å². The van der Waals surface area contributed by atoms with E-state index in [-0.39, 0.29) is 16.2 Å². The van der Waals surface area contributed by atoms with Crippen molar-refractivity contribution in [3.63, 3.8) is 0 Å². The summed E-state index contributed by atoms with van der Waals surface area (Å²) in [6.07, 6.45) is -6.47. The highest BCUT2D eigenvalue weighted by Crippen LogP contribution is 2.41. The molecular weight excluding hydrogens is 413 g/mol. The number of ether oxygens (including phenoxy) is 2. The summed E-state index contributed by atoms with van der Waals surface area (Å²) in [6, 6.07) is 9.99. The molecule has 0 fully saturated rings. The van der Waals surface area contributed by atoms with E-state index in [0.717, 1.165) is 17.0 Å². The monoisotopic (exact) mass is 426 g/mol. The third kappa shape index (κ3) is 4.51. The predicted molar refractivity (Wildman–Crippen MR) is 98.9 cm³/mol. The van der Waals surface area contributed by atoms with Gasteiger partial charge >= 0.3 is 12.1 Å². The van der Waals surface area contributed by atoms with E-state index in [4.69, 9.17) is 16.3 Å². The molecule has 152 valence electrons. The van der Waals surface area contributed by atoms with Gasteiger partial charge in [0.2, 0.25) is 6.10 Å². The fourth-order valence-electron chi connectivity index (χ4n) is 2.74. The van der Waals surface area contributed by atoms with Crippen LogP contribution in [0.4, 0.5) is 13.2 Å². The van der Waals surface area contributed by atoms with Gasteiger partial charge in [-0.3, -0.25) is 14.2 Å². The van der Waals surface area contributed by atoms with Crippen molar-refractivity contribution in [2.75, 3.05) is 7.11 Å². The second-order valence-electron chi connectivity index (χ2n) is 5.99. The molecule has 6 nitrogen and oxygen atoms in total. The number of fused-ring (bicyclic) bond motifs is 1. The Balaban J connectivity index is 1.90. The molecule has 0 aliphatic heterocycles. The van der Waals surface area contributed by atoms with Gasteiger partial charge in [0.25, 0.3) is 5.56 Å². The number of para-hydroxylation sites is 1. The number of aromatic nitrogens is 2. The molecule has 0 saturated carbocycles. The highest BCUT2D eigenvalue weighted by Gasteiger charge is 2.45. The topological polar surface area (TPSA) is 70.4 Å². The van der Waals surface area contributed by atoms with Gasteiger partial charge in [-0.15, -0.1) is 0 Å². The molecule has 10 heteroatoms. The number of methoxy groups -OCH3 is 1. The number of alkyl halides is 3. The van der Waals surface area contributed by atoms with Crippen LogP contribution in [0, 0.1) is 0 Å². The molecule has 3 aromatic rings. The minimum absolute atomic E-state index is 0.0149. The normalized spacial score (nSPS) is 12.6. The van der Waals surface area contributed by atoms with Crippen molar-refractivity contribution in [2.24, 2.45) is 0 Å². The lowest BCUT2D eigenvalue weighted by Crippen LogP contribution is -2.31. The first-order valence-corrected chi connectivity index (χ1v) is 8.62. The minimum atomic E-state index is -4.93. The summed E-state index contributed by atoms with van der Waals surface area (Å²) in [4.78, 5) is 28.7. The first-order valence-electron chi connectivity index (χ1n) is 8.24. The highest BCUT2D eigenvalue weighted by atomic mass is 35.5. The molecule has 0 radical (unpaired) electrons. The molecule has 1 unspecified atom stereocenters. The van der Waals surface area contributed by atoms with Crippen LogP contribution < -0.4 is 10.3 Å². The molecule has 0 aliphatic rings. The maximum absolute atomic E-state index is 13.6. The average molecular weight is 427 g/mol. The first kappa shape index (κ1) is 20.7. The Kier molecular flexibility index (Phi) is 5.78. The van der Waals surface area contributed by atoms with Crippen molar-refractivity contribution in [1.29, 1.82) is 0 Å². The molecule has 29 heavy (non-hydrogen) atoms. The van der Waals surface area contributed by atoms with E-state index in [1.807, 2.05) is 0 Å². The van der Waals surface area contributed by atoms with E-state index >= 15 is 0 Å². The smallest absolute Gasteiger partial charge is 0.429 e. The molecular formula is C19H14ClF3N2O4. The van der Waals surface area contributed by atoms with Gasteiger partial charge in [-0.1, -0.05) is 23.7 Å². The Morgan fingerprint density at radius 2 is 1.97 bits per heavy atom. The fraction of sp³-hybridized carbons (Fsp3) is 0.211. The van der Waals surface area contributed by atoms with Gasteiger partial charge in [-0.2, -0.15) is 13.2 Å². The lowest BCUT2D eigenvalue weighted by Gasteiger charge is -2.23. The van der Waals surface area contributed by atoms with Gasteiger partial charge < -0.3 is 9.47 Å². The number of benzene rings is 2. The van der Waals surface area contributed by atoms with E-state index < -0.39 is 35.9 Å². The maximum Gasteiger partial charge on any atom is 0.429 e. The number of rotatable bonds is 5. The fourth-order valence-corrected chi connectivity index (χ4v) is 2.92. The van der Waals surface area contributed by atoms with Crippen molar-refractivity contribution < 1.29 is 27.4 Å². The molecule has 0 aliphatic carbocycles. The van der Waals surface area contributed by atoms with E-state index in [2.05, 4.69) is 9.72 Å². The zero-order valence-corrected chi connectivity index (χ0v) is 15.7. The lowest BCUT2D eigenvalue weighted by atomic mass is 10.1. The molecule has 3 rings (SSSR count). The molecule has 1 aromatic heterocycles. The number of hydrogen-bond acceptors (Lipinski definition) is 5. The predicted octanol–water partition coefficient (Wildman–Crippen LogP) is 3.91. The Morgan fingerprint density at radius 1 is 1.24 bits per heavy atom. The van der Waals surface area contributed by atoms with E-state index in [1.54, 1.807) is 18.2 Å². The Morgan fingerprint density at radius 3 is 2.66 bits per heavy atom. The average Bonchev–Trinajstić information content (AvgIpc) is 2.67. The van der Waals surface area contributed by atoms with Crippen molar-refractivity contribution in [1.82, 2.24) is 9.55 Å². The van der Waals surface area contributed by atoms with E-state index in [9.17, 15) is 22.8 Å². The van der Waals surface area contributed by atoms with Crippen molar-refractivity contribution in [2.45, 2.75) is 18.8 Å². The standard InChI is InChI=1S/C19H14ClF3N2O4/c1-28-15-7-6-11(20)8-13(15)17(19(21,22)23)29-16(26)9-25-10-24-14-5-3-2-4-12(14)18(25)27/h2-8,10,17H,9H2,1H3. The Hall–Kier alpha value is -3.07. The number of esters is 1. The van der Waals surface area contributed by atoms with Crippen molar-refractivity contribution >= 4 is 28.5 Å².